The van der Waals surface area contributed by atoms with E-state index in [0.29, 0.717) is 47.8 Å². The minimum Gasteiger partial charge on any atom is -0.495 e. The first-order chi connectivity index (χ1) is 19.9. The van der Waals surface area contributed by atoms with Gasteiger partial charge in [-0.05, 0) is 74.4 Å². The number of hydrogen-bond acceptors (Lipinski definition) is 9. The fraction of sp³-hybridized carbons (Fsp3) is 0.484. The molecule has 3 aliphatic rings. The van der Waals surface area contributed by atoms with Crippen molar-refractivity contribution < 1.29 is 18.8 Å². The van der Waals surface area contributed by atoms with Crippen LogP contribution in [0.25, 0.3) is 11.3 Å². The zero-order valence-corrected chi connectivity index (χ0v) is 25.1. The molecule has 2 atom stereocenters. The van der Waals surface area contributed by atoms with E-state index in [1.54, 1.807) is 26.4 Å². The third kappa shape index (κ3) is 5.85. The van der Waals surface area contributed by atoms with Gasteiger partial charge in [0, 0.05) is 61.6 Å². The van der Waals surface area contributed by atoms with Gasteiger partial charge in [-0.1, -0.05) is 24.2 Å². The second-order valence-electron chi connectivity index (χ2n) is 11.4. The van der Waals surface area contributed by atoms with Crippen molar-refractivity contribution in [1.29, 1.82) is 0 Å². The molecule has 2 unspecified atom stereocenters. The van der Waals surface area contributed by atoms with E-state index in [1.165, 1.54) is 30.5 Å². The molecule has 3 aromatic rings. The van der Waals surface area contributed by atoms with E-state index in [2.05, 4.69) is 57.9 Å². The number of ether oxygens (including phenoxy) is 2. The fourth-order valence-electron chi connectivity index (χ4n) is 5.56. The minimum atomic E-state index is -0.0124. The second-order valence-corrected chi connectivity index (χ2v) is 12.2. The molecule has 2 aromatic carbocycles. The quantitative estimate of drug-likeness (QED) is 0.324. The smallest absolute Gasteiger partial charge is 0.254 e. The summed E-state index contributed by atoms with van der Waals surface area (Å²) >= 11 is 1.36. The first-order valence-corrected chi connectivity index (χ1v) is 15.3. The Morgan fingerprint density at radius 1 is 1.07 bits per heavy atom. The Hall–Kier alpha value is -3.37. The van der Waals surface area contributed by atoms with Gasteiger partial charge in [-0.3, -0.25) is 4.79 Å². The molecule has 1 saturated carbocycles. The number of carbonyl (C=O) groups is 1. The van der Waals surface area contributed by atoms with Crippen molar-refractivity contribution in [1.82, 2.24) is 15.0 Å². The first-order valence-electron chi connectivity index (χ1n) is 14.5. The molecule has 1 amide bonds. The predicted octanol–water partition coefficient (Wildman–Crippen LogP) is 5.27. The third-order valence-electron chi connectivity index (χ3n) is 8.61. The van der Waals surface area contributed by atoms with Crippen molar-refractivity contribution in [3.05, 3.63) is 47.5 Å². The summed E-state index contributed by atoms with van der Waals surface area (Å²) in [6.45, 7) is 7.62. The number of benzene rings is 2. The first kappa shape index (κ1) is 27.8. The summed E-state index contributed by atoms with van der Waals surface area (Å²) in [6.07, 6.45) is 3.36. The fourth-order valence-corrected chi connectivity index (χ4v) is 6.41. The molecule has 6 rings (SSSR count). The van der Waals surface area contributed by atoms with Crippen molar-refractivity contribution in [3.8, 4) is 22.8 Å². The lowest BCUT2D eigenvalue weighted by Gasteiger charge is -2.33. The van der Waals surface area contributed by atoms with Gasteiger partial charge in [0.1, 0.15) is 16.4 Å². The molecule has 10 heteroatoms. The standard InChI is InChI=1S/C31H39N5O4S/c1-20-15-22(20)17-25-28(21-7-5-8-24(16-21)35-9-6-10-35)40-32-30(25)33-41-29-26(38-3)18-23(19-27(29)39-4)31(37)36-13-11-34(2)12-14-36/h5,7-8,16,18-20,22H,6,9-15,17H2,1-4H3,(H,32,33). The number of anilines is 2. The van der Waals surface area contributed by atoms with Crippen molar-refractivity contribution in [2.75, 3.05) is 70.2 Å². The number of aromatic nitrogens is 1. The molecule has 218 valence electrons. The Kier molecular flexibility index (Phi) is 8.03. The van der Waals surface area contributed by atoms with E-state index in [-0.39, 0.29) is 5.91 Å². The largest absolute Gasteiger partial charge is 0.495 e. The van der Waals surface area contributed by atoms with Gasteiger partial charge in [-0.15, -0.1) is 0 Å². The maximum absolute atomic E-state index is 13.3. The van der Waals surface area contributed by atoms with Gasteiger partial charge < -0.3 is 33.4 Å². The van der Waals surface area contributed by atoms with E-state index in [9.17, 15) is 4.79 Å². The highest BCUT2D eigenvalue weighted by atomic mass is 32.2. The van der Waals surface area contributed by atoms with Crippen LogP contribution in [-0.2, 0) is 6.42 Å². The van der Waals surface area contributed by atoms with Gasteiger partial charge in [0.15, 0.2) is 11.6 Å². The summed E-state index contributed by atoms with van der Waals surface area (Å²) in [4.78, 5) is 20.5. The molecule has 1 N–H and O–H groups in total. The topological polar surface area (TPSA) is 83.3 Å². The SMILES string of the molecule is COc1cc(C(=O)N2CCN(C)CC2)cc(OC)c1SNc1noc(-c2cccc(N3CCC3)c2)c1CC1CC1C. The molecule has 0 spiro atoms. The summed E-state index contributed by atoms with van der Waals surface area (Å²) in [5.74, 6) is 3.99. The molecule has 2 saturated heterocycles. The lowest BCUT2D eigenvalue weighted by atomic mass is 10.0. The van der Waals surface area contributed by atoms with Crippen molar-refractivity contribution in [2.45, 2.75) is 31.1 Å². The highest BCUT2D eigenvalue weighted by Crippen LogP contribution is 2.46. The summed E-state index contributed by atoms with van der Waals surface area (Å²) in [5.41, 5.74) is 3.92. The van der Waals surface area contributed by atoms with Crippen LogP contribution in [0.15, 0.2) is 45.8 Å². The van der Waals surface area contributed by atoms with Crippen molar-refractivity contribution in [2.24, 2.45) is 11.8 Å². The van der Waals surface area contributed by atoms with Gasteiger partial charge in [-0.25, -0.2) is 0 Å². The zero-order valence-electron chi connectivity index (χ0n) is 24.3. The minimum absolute atomic E-state index is 0.0124. The van der Waals surface area contributed by atoms with Crippen LogP contribution in [0.2, 0.25) is 0 Å². The number of likely N-dealkylation sites (N-methyl/N-ethyl adjacent to an activating group) is 1. The van der Waals surface area contributed by atoms with Crippen LogP contribution in [0.1, 0.15) is 35.7 Å². The van der Waals surface area contributed by atoms with Crippen LogP contribution >= 0.6 is 11.9 Å². The summed E-state index contributed by atoms with van der Waals surface area (Å²) < 4.78 is 20.9. The van der Waals surface area contributed by atoms with E-state index in [4.69, 9.17) is 14.0 Å². The van der Waals surface area contributed by atoms with Crippen molar-refractivity contribution in [3.63, 3.8) is 0 Å². The molecule has 9 nitrogen and oxygen atoms in total. The molecule has 2 aliphatic heterocycles. The van der Waals surface area contributed by atoms with Crippen LogP contribution in [0.4, 0.5) is 11.5 Å². The third-order valence-corrected chi connectivity index (χ3v) is 9.51. The Bertz CT molecular complexity index is 1370. The number of piperazine rings is 1. The number of rotatable bonds is 10. The number of methoxy groups -OCH3 is 2. The van der Waals surface area contributed by atoms with Gasteiger partial charge in [0.25, 0.3) is 5.91 Å². The van der Waals surface area contributed by atoms with E-state index >= 15 is 0 Å². The predicted molar refractivity (Wildman–Crippen MR) is 162 cm³/mol. The molecule has 41 heavy (non-hydrogen) atoms. The molecular formula is C31H39N5O4S. The normalized spacial score (nSPS) is 20.5. The van der Waals surface area contributed by atoms with Crippen LogP contribution < -0.4 is 19.1 Å². The molecule has 3 heterocycles. The monoisotopic (exact) mass is 577 g/mol. The average molecular weight is 578 g/mol. The molecule has 1 aromatic heterocycles. The van der Waals surface area contributed by atoms with E-state index < -0.39 is 0 Å². The Balaban J connectivity index is 1.25. The molecule has 3 fully saturated rings. The van der Waals surface area contributed by atoms with E-state index in [1.807, 2.05) is 4.90 Å². The number of amides is 1. The lowest BCUT2D eigenvalue weighted by molar-refractivity contribution is 0.0663. The highest BCUT2D eigenvalue weighted by Gasteiger charge is 2.35. The van der Waals surface area contributed by atoms with Crippen LogP contribution in [-0.4, -0.2) is 81.4 Å². The Morgan fingerprint density at radius 3 is 2.39 bits per heavy atom. The molecule has 0 bridgehead atoms. The van der Waals surface area contributed by atoms with Gasteiger partial charge >= 0.3 is 0 Å². The van der Waals surface area contributed by atoms with Crippen molar-refractivity contribution >= 4 is 29.4 Å². The van der Waals surface area contributed by atoms with Gasteiger partial charge in [-0.2, -0.15) is 0 Å². The van der Waals surface area contributed by atoms with Gasteiger partial charge in [0.2, 0.25) is 0 Å². The number of carbonyl (C=O) groups excluding carboxylic acids is 1. The van der Waals surface area contributed by atoms with E-state index in [0.717, 1.165) is 54.4 Å². The summed E-state index contributed by atoms with van der Waals surface area (Å²) in [6, 6.07) is 12.2. The average Bonchev–Trinajstić information content (AvgIpc) is 3.51. The number of nitrogens with zero attached hydrogens (tertiary/aromatic N) is 4. The lowest BCUT2D eigenvalue weighted by Crippen LogP contribution is -2.47. The Morgan fingerprint density at radius 2 is 1.78 bits per heavy atom. The second kappa shape index (κ2) is 11.9. The van der Waals surface area contributed by atoms with Crippen LogP contribution in [0.5, 0.6) is 11.5 Å². The number of hydrogen-bond donors (Lipinski definition) is 1. The zero-order chi connectivity index (χ0) is 28.5. The van der Waals surface area contributed by atoms with Crippen LogP contribution in [0.3, 0.4) is 0 Å². The maximum atomic E-state index is 13.3. The molecular weight excluding hydrogens is 538 g/mol. The Labute approximate surface area is 246 Å². The molecule has 0 radical (unpaired) electrons. The van der Waals surface area contributed by atoms with Gasteiger partial charge in [0.05, 0.1) is 14.2 Å². The maximum Gasteiger partial charge on any atom is 0.254 e. The van der Waals surface area contributed by atoms with Crippen LogP contribution in [0, 0.1) is 11.8 Å². The summed E-state index contributed by atoms with van der Waals surface area (Å²) in [7, 11) is 5.30. The summed E-state index contributed by atoms with van der Waals surface area (Å²) in [5, 5.41) is 4.48. The molecule has 1 aliphatic carbocycles. The number of nitrogens with one attached hydrogen (secondary N) is 1. The highest BCUT2D eigenvalue weighted by molar-refractivity contribution is 8.00.